The number of rotatable bonds is 1. The highest BCUT2D eigenvalue weighted by atomic mass is 15.1. The summed E-state index contributed by atoms with van der Waals surface area (Å²) >= 11 is 0. The number of fused-ring (bicyclic) bond motifs is 3. The number of nitrogens with zero attached hydrogens (tertiary/aromatic N) is 2. The maximum atomic E-state index is 4.26. The minimum atomic E-state index is 0.662. The minimum absolute atomic E-state index is 0.662. The van der Waals surface area contributed by atoms with Crippen LogP contribution in [0.25, 0.3) is 10.9 Å². The second kappa shape index (κ2) is 4.15. The quantitative estimate of drug-likeness (QED) is 0.761. The fourth-order valence-electron chi connectivity index (χ4n) is 2.88. The average Bonchev–Trinajstić information content (AvgIpc) is 2.53. The van der Waals surface area contributed by atoms with E-state index < -0.39 is 0 Å². The average molecular weight is 229 g/mol. The SMILES string of the molecule is CN(C)[C@@H]1CCCc2[nH]c3ccncc3c2C1. The van der Waals surface area contributed by atoms with Crippen molar-refractivity contribution in [1.82, 2.24) is 14.9 Å². The lowest BCUT2D eigenvalue weighted by Gasteiger charge is -2.22. The monoisotopic (exact) mass is 229 g/mol. The predicted molar refractivity (Wildman–Crippen MR) is 70.2 cm³/mol. The first-order valence-electron chi connectivity index (χ1n) is 6.35. The van der Waals surface area contributed by atoms with Crippen molar-refractivity contribution < 1.29 is 0 Å². The predicted octanol–water partition coefficient (Wildman–Crippen LogP) is 2.37. The lowest BCUT2D eigenvalue weighted by Crippen LogP contribution is -2.29. The summed E-state index contributed by atoms with van der Waals surface area (Å²) in [5.74, 6) is 0. The molecule has 2 aromatic heterocycles. The molecule has 0 amide bonds. The minimum Gasteiger partial charge on any atom is -0.358 e. The van der Waals surface area contributed by atoms with Gasteiger partial charge in [0, 0.05) is 35.0 Å². The van der Waals surface area contributed by atoms with E-state index in [0.717, 1.165) is 6.42 Å². The van der Waals surface area contributed by atoms with Crippen LogP contribution < -0.4 is 0 Å². The number of likely N-dealkylation sites (N-methyl/N-ethyl adjacent to an activating group) is 1. The van der Waals surface area contributed by atoms with Crippen molar-refractivity contribution in [3.05, 3.63) is 29.7 Å². The molecule has 90 valence electrons. The molecule has 0 fully saturated rings. The smallest absolute Gasteiger partial charge is 0.0490 e. The molecule has 0 spiro atoms. The zero-order valence-electron chi connectivity index (χ0n) is 10.5. The van der Waals surface area contributed by atoms with Gasteiger partial charge in [0.1, 0.15) is 0 Å². The summed E-state index contributed by atoms with van der Waals surface area (Å²) in [6.07, 6.45) is 8.75. The van der Waals surface area contributed by atoms with Crippen LogP contribution in [0, 0.1) is 0 Å². The van der Waals surface area contributed by atoms with E-state index in [1.54, 1.807) is 0 Å². The Bertz CT molecular complexity index is 527. The Hall–Kier alpha value is -1.35. The lowest BCUT2D eigenvalue weighted by atomic mass is 10.0. The van der Waals surface area contributed by atoms with Crippen LogP contribution in [0.4, 0.5) is 0 Å². The summed E-state index contributed by atoms with van der Waals surface area (Å²) in [5.41, 5.74) is 4.16. The molecule has 2 heterocycles. The van der Waals surface area contributed by atoms with E-state index in [1.807, 2.05) is 12.4 Å². The van der Waals surface area contributed by atoms with Crippen LogP contribution in [-0.2, 0) is 12.8 Å². The van der Waals surface area contributed by atoms with Crippen molar-refractivity contribution in [1.29, 1.82) is 0 Å². The Morgan fingerprint density at radius 2 is 2.29 bits per heavy atom. The van der Waals surface area contributed by atoms with Crippen molar-refractivity contribution in [3.63, 3.8) is 0 Å². The maximum Gasteiger partial charge on any atom is 0.0490 e. The highest BCUT2D eigenvalue weighted by Gasteiger charge is 2.21. The third kappa shape index (κ3) is 1.84. The molecule has 3 rings (SSSR count). The van der Waals surface area contributed by atoms with Gasteiger partial charge in [0.05, 0.1) is 0 Å². The van der Waals surface area contributed by atoms with Crippen LogP contribution in [0.15, 0.2) is 18.5 Å². The second-order valence-corrected chi connectivity index (χ2v) is 5.22. The van der Waals surface area contributed by atoms with Crippen molar-refractivity contribution in [3.8, 4) is 0 Å². The molecule has 0 unspecified atom stereocenters. The van der Waals surface area contributed by atoms with E-state index >= 15 is 0 Å². The molecule has 0 aromatic carbocycles. The van der Waals surface area contributed by atoms with Crippen molar-refractivity contribution >= 4 is 10.9 Å². The van der Waals surface area contributed by atoms with Gasteiger partial charge < -0.3 is 9.88 Å². The molecule has 1 N–H and O–H groups in total. The van der Waals surface area contributed by atoms with Crippen molar-refractivity contribution in [2.75, 3.05) is 14.1 Å². The molecular formula is C14H19N3. The first-order chi connectivity index (χ1) is 8.25. The summed E-state index contributed by atoms with van der Waals surface area (Å²) in [5, 5.41) is 1.32. The van der Waals surface area contributed by atoms with Crippen LogP contribution in [-0.4, -0.2) is 35.0 Å². The summed E-state index contributed by atoms with van der Waals surface area (Å²) in [7, 11) is 4.37. The molecule has 0 radical (unpaired) electrons. The van der Waals surface area contributed by atoms with Crippen LogP contribution in [0.5, 0.6) is 0 Å². The first kappa shape index (κ1) is 10.8. The summed E-state index contributed by atoms with van der Waals surface area (Å²) in [6.45, 7) is 0. The molecule has 0 aliphatic heterocycles. The third-order valence-electron chi connectivity index (χ3n) is 3.93. The van der Waals surface area contributed by atoms with E-state index in [1.165, 1.54) is 41.4 Å². The van der Waals surface area contributed by atoms with Gasteiger partial charge in [-0.05, 0) is 51.4 Å². The zero-order valence-corrected chi connectivity index (χ0v) is 10.5. The van der Waals surface area contributed by atoms with Gasteiger partial charge in [-0.25, -0.2) is 0 Å². The number of nitrogens with one attached hydrogen (secondary N) is 1. The Balaban J connectivity index is 2.08. The molecule has 1 aliphatic carbocycles. The molecule has 1 atom stereocenters. The van der Waals surface area contributed by atoms with Gasteiger partial charge in [0.25, 0.3) is 0 Å². The lowest BCUT2D eigenvalue weighted by molar-refractivity contribution is 0.277. The first-order valence-corrected chi connectivity index (χ1v) is 6.35. The van der Waals surface area contributed by atoms with E-state index in [-0.39, 0.29) is 0 Å². The van der Waals surface area contributed by atoms with Gasteiger partial charge >= 0.3 is 0 Å². The van der Waals surface area contributed by atoms with Crippen LogP contribution in [0.3, 0.4) is 0 Å². The number of aromatic nitrogens is 2. The highest BCUT2D eigenvalue weighted by molar-refractivity contribution is 5.83. The summed E-state index contributed by atoms with van der Waals surface area (Å²) < 4.78 is 0. The molecule has 0 saturated carbocycles. The van der Waals surface area contributed by atoms with Gasteiger partial charge in [-0.3, -0.25) is 4.98 Å². The van der Waals surface area contributed by atoms with Gasteiger partial charge in [-0.1, -0.05) is 0 Å². The van der Waals surface area contributed by atoms with E-state index in [9.17, 15) is 0 Å². The number of aromatic amines is 1. The largest absolute Gasteiger partial charge is 0.358 e. The number of hydrogen-bond donors (Lipinski definition) is 1. The molecule has 0 saturated heterocycles. The number of H-pyrrole nitrogens is 1. The van der Waals surface area contributed by atoms with Gasteiger partial charge in [-0.15, -0.1) is 0 Å². The Morgan fingerprint density at radius 3 is 3.12 bits per heavy atom. The van der Waals surface area contributed by atoms with E-state index in [0.29, 0.717) is 6.04 Å². The topological polar surface area (TPSA) is 31.9 Å². The van der Waals surface area contributed by atoms with Crippen molar-refractivity contribution in [2.45, 2.75) is 31.7 Å². The van der Waals surface area contributed by atoms with Crippen molar-refractivity contribution in [2.24, 2.45) is 0 Å². The van der Waals surface area contributed by atoms with Crippen LogP contribution in [0.2, 0.25) is 0 Å². The molecule has 0 bridgehead atoms. The normalized spacial score (nSPS) is 20.5. The van der Waals surface area contributed by atoms with Gasteiger partial charge in [0.15, 0.2) is 0 Å². The molecule has 3 nitrogen and oxygen atoms in total. The van der Waals surface area contributed by atoms with E-state index in [4.69, 9.17) is 0 Å². The molecule has 2 aromatic rings. The van der Waals surface area contributed by atoms with Crippen LogP contribution >= 0.6 is 0 Å². The standard InChI is InChI=1S/C14H19N3/c1-17(2)10-4-3-5-13-11(8-10)12-9-15-7-6-14(12)16-13/h6-7,9-10,16H,3-5,8H2,1-2H3/t10-/m1/s1. The number of hydrogen-bond acceptors (Lipinski definition) is 2. The summed E-state index contributed by atoms with van der Waals surface area (Å²) in [4.78, 5) is 10.2. The Morgan fingerprint density at radius 1 is 1.41 bits per heavy atom. The Labute approximate surface area is 102 Å². The zero-order chi connectivity index (χ0) is 11.8. The van der Waals surface area contributed by atoms with Crippen LogP contribution in [0.1, 0.15) is 24.1 Å². The fraction of sp³-hybridized carbons (Fsp3) is 0.500. The van der Waals surface area contributed by atoms with Gasteiger partial charge in [0.2, 0.25) is 0 Å². The van der Waals surface area contributed by atoms with E-state index in [2.05, 4.69) is 35.0 Å². The summed E-state index contributed by atoms with van der Waals surface area (Å²) in [6, 6.07) is 2.74. The number of pyridine rings is 1. The molecule has 1 aliphatic rings. The molecule has 17 heavy (non-hydrogen) atoms. The highest BCUT2D eigenvalue weighted by Crippen LogP contribution is 2.28. The molecule has 3 heteroatoms. The second-order valence-electron chi connectivity index (χ2n) is 5.22. The van der Waals surface area contributed by atoms with Gasteiger partial charge in [-0.2, -0.15) is 0 Å². The maximum absolute atomic E-state index is 4.26. The number of aryl methyl sites for hydroxylation is 1. The molecular weight excluding hydrogens is 210 g/mol. The third-order valence-corrected chi connectivity index (χ3v) is 3.93. The Kier molecular flexibility index (Phi) is 2.63. The fourth-order valence-corrected chi connectivity index (χ4v) is 2.88.